The third-order valence-electron chi connectivity index (χ3n) is 4.74. The van der Waals surface area contributed by atoms with Crippen molar-refractivity contribution in [2.24, 2.45) is 0 Å². The number of carbonyl (C=O) groups is 1. The monoisotopic (exact) mass is 418 g/mol. The van der Waals surface area contributed by atoms with E-state index in [0.717, 1.165) is 25.7 Å². The topological polar surface area (TPSA) is 93.7 Å². The first-order chi connectivity index (χ1) is 14.0. The van der Waals surface area contributed by atoms with Crippen molar-refractivity contribution < 1.29 is 22.7 Å². The first-order valence-electron chi connectivity index (χ1n) is 9.65. The molecule has 0 spiro atoms. The van der Waals surface area contributed by atoms with Gasteiger partial charge in [0.15, 0.2) is 0 Å². The van der Waals surface area contributed by atoms with Gasteiger partial charge in [-0.1, -0.05) is 18.2 Å². The van der Waals surface area contributed by atoms with Crippen molar-refractivity contribution in [2.75, 3.05) is 25.6 Å². The van der Waals surface area contributed by atoms with Crippen molar-refractivity contribution in [3.63, 3.8) is 0 Å². The Morgan fingerprint density at radius 1 is 1.10 bits per heavy atom. The molecule has 1 saturated carbocycles. The predicted molar refractivity (Wildman–Crippen MR) is 111 cm³/mol. The number of methoxy groups -OCH3 is 1. The molecule has 1 aliphatic rings. The Bertz CT molecular complexity index is 940. The van der Waals surface area contributed by atoms with E-state index in [4.69, 9.17) is 9.47 Å². The van der Waals surface area contributed by atoms with Crippen molar-refractivity contribution in [3.05, 3.63) is 54.1 Å². The average molecular weight is 419 g/mol. The molecule has 2 N–H and O–H groups in total. The number of hydrogen-bond acceptors (Lipinski definition) is 5. The lowest BCUT2D eigenvalue weighted by molar-refractivity contribution is 0.102. The van der Waals surface area contributed by atoms with E-state index in [-0.39, 0.29) is 29.7 Å². The number of sulfonamides is 1. The summed E-state index contributed by atoms with van der Waals surface area (Å²) in [6.45, 7) is 0.415. The van der Waals surface area contributed by atoms with Crippen molar-refractivity contribution >= 4 is 21.6 Å². The second-order valence-corrected chi connectivity index (χ2v) is 8.66. The summed E-state index contributed by atoms with van der Waals surface area (Å²) in [5.74, 6) is 0.221. The minimum absolute atomic E-state index is 0.0248. The summed E-state index contributed by atoms with van der Waals surface area (Å²) in [6, 6.07) is 13.2. The van der Waals surface area contributed by atoms with Crippen LogP contribution < -0.4 is 14.8 Å². The van der Waals surface area contributed by atoms with Gasteiger partial charge >= 0.3 is 0 Å². The molecule has 0 aromatic heterocycles. The summed E-state index contributed by atoms with van der Waals surface area (Å²) < 4.78 is 38.1. The number of anilines is 1. The standard InChI is InChI=1S/C21H26N2O5S/c1-27-14-13-22-29(25,26)18-10-6-7-16(15-18)21(24)23-19-11-4-5-12-20(19)28-17-8-2-3-9-17/h4-7,10-12,15,17,22H,2-3,8-9,13-14H2,1H3,(H,23,24). The number of ether oxygens (including phenoxy) is 2. The third-order valence-corrected chi connectivity index (χ3v) is 6.19. The zero-order chi connectivity index (χ0) is 20.7. The number of hydrogen-bond donors (Lipinski definition) is 2. The van der Waals surface area contributed by atoms with Crippen LogP contribution >= 0.6 is 0 Å². The fourth-order valence-corrected chi connectivity index (χ4v) is 4.28. The Morgan fingerprint density at radius 3 is 2.62 bits per heavy atom. The van der Waals surface area contributed by atoms with Crippen LogP contribution in [0.2, 0.25) is 0 Å². The van der Waals surface area contributed by atoms with Crippen molar-refractivity contribution in [2.45, 2.75) is 36.7 Å². The molecule has 1 aliphatic carbocycles. The van der Waals surface area contributed by atoms with Crippen LogP contribution in [0.1, 0.15) is 36.0 Å². The molecular weight excluding hydrogens is 392 g/mol. The summed E-state index contributed by atoms with van der Waals surface area (Å²) in [4.78, 5) is 12.8. The van der Waals surface area contributed by atoms with E-state index in [1.54, 1.807) is 18.2 Å². The summed E-state index contributed by atoms with van der Waals surface area (Å²) >= 11 is 0. The van der Waals surface area contributed by atoms with Crippen LogP contribution in [0.3, 0.4) is 0 Å². The van der Waals surface area contributed by atoms with Gasteiger partial charge in [0.2, 0.25) is 10.0 Å². The lowest BCUT2D eigenvalue weighted by Gasteiger charge is -2.17. The zero-order valence-electron chi connectivity index (χ0n) is 16.4. The number of benzene rings is 2. The van der Waals surface area contributed by atoms with Gasteiger partial charge in [0.25, 0.3) is 5.91 Å². The smallest absolute Gasteiger partial charge is 0.255 e. The van der Waals surface area contributed by atoms with Gasteiger partial charge in [-0.25, -0.2) is 13.1 Å². The predicted octanol–water partition coefficient (Wildman–Crippen LogP) is 3.19. The molecule has 29 heavy (non-hydrogen) atoms. The second-order valence-electron chi connectivity index (χ2n) is 6.89. The van der Waals surface area contributed by atoms with Gasteiger partial charge in [0.1, 0.15) is 5.75 Å². The lowest BCUT2D eigenvalue weighted by atomic mass is 10.2. The first-order valence-corrected chi connectivity index (χ1v) is 11.1. The van der Waals surface area contributed by atoms with Crippen LogP contribution in [0.5, 0.6) is 5.75 Å². The summed E-state index contributed by atoms with van der Waals surface area (Å²) in [7, 11) is -2.23. The van der Waals surface area contributed by atoms with E-state index in [1.807, 2.05) is 18.2 Å². The molecule has 2 aromatic carbocycles. The Morgan fingerprint density at radius 2 is 1.86 bits per heavy atom. The van der Waals surface area contributed by atoms with Crippen molar-refractivity contribution in [1.29, 1.82) is 0 Å². The zero-order valence-corrected chi connectivity index (χ0v) is 17.2. The number of amides is 1. The van der Waals surface area contributed by atoms with Crippen LogP contribution in [0.4, 0.5) is 5.69 Å². The maximum atomic E-state index is 12.7. The van der Waals surface area contributed by atoms with Crippen LogP contribution in [-0.4, -0.2) is 40.7 Å². The van der Waals surface area contributed by atoms with Crippen LogP contribution in [-0.2, 0) is 14.8 Å². The highest BCUT2D eigenvalue weighted by atomic mass is 32.2. The average Bonchev–Trinajstić information content (AvgIpc) is 3.23. The van der Waals surface area contributed by atoms with E-state index in [2.05, 4.69) is 10.0 Å². The van der Waals surface area contributed by atoms with Crippen molar-refractivity contribution in [3.8, 4) is 5.75 Å². The van der Waals surface area contributed by atoms with E-state index in [1.165, 1.54) is 19.2 Å². The molecule has 0 saturated heterocycles. The normalized spacial score (nSPS) is 14.7. The maximum Gasteiger partial charge on any atom is 0.255 e. The number of rotatable bonds is 9. The highest BCUT2D eigenvalue weighted by Gasteiger charge is 2.19. The lowest BCUT2D eigenvalue weighted by Crippen LogP contribution is -2.27. The molecule has 7 nitrogen and oxygen atoms in total. The van der Waals surface area contributed by atoms with Gasteiger partial charge < -0.3 is 14.8 Å². The van der Waals surface area contributed by atoms with Gasteiger partial charge in [-0.3, -0.25) is 4.79 Å². The Labute approximate surface area is 171 Å². The van der Waals surface area contributed by atoms with Gasteiger partial charge in [0, 0.05) is 19.2 Å². The largest absolute Gasteiger partial charge is 0.488 e. The third kappa shape index (κ3) is 5.79. The molecule has 1 fully saturated rings. The second kappa shape index (κ2) is 9.87. The highest BCUT2D eigenvalue weighted by Crippen LogP contribution is 2.30. The van der Waals surface area contributed by atoms with Gasteiger partial charge in [-0.2, -0.15) is 0 Å². The molecule has 0 radical (unpaired) electrons. The number of carbonyl (C=O) groups excluding carboxylic acids is 1. The fraction of sp³-hybridized carbons (Fsp3) is 0.381. The number of nitrogens with one attached hydrogen (secondary N) is 2. The molecule has 0 atom stereocenters. The molecule has 0 bridgehead atoms. The van der Waals surface area contributed by atoms with E-state index in [9.17, 15) is 13.2 Å². The van der Waals surface area contributed by atoms with Crippen LogP contribution in [0.15, 0.2) is 53.4 Å². The van der Waals surface area contributed by atoms with E-state index in [0.29, 0.717) is 11.4 Å². The Kier molecular flexibility index (Phi) is 7.24. The molecule has 0 aliphatic heterocycles. The maximum absolute atomic E-state index is 12.7. The summed E-state index contributed by atoms with van der Waals surface area (Å²) in [6.07, 6.45) is 4.49. The van der Waals surface area contributed by atoms with Crippen LogP contribution in [0, 0.1) is 0 Å². The van der Waals surface area contributed by atoms with Gasteiger partial charge in [0.05, 0.1) is 23.3 Å². The van der Waals surface area contributed by atoms with Gasteiger partial charge in [-0.05, 0) is 56.0 Å². The molecule has 2 aromatic rings. The summed E-state index contributed by atoms with van der Waals surface area (Å²) in [5.41, 5.74) is 0.811. The Balaban J connectivity index is 1.73. The Hall–Kier alpha value is -2.42. The molecule has 0 unspecified atom stereocenters. The van der Waals surface area contributed by atoms with E-state index >= 15 is 0 Å². The quantitative estimate of drug-likeness (QED) is 0.610. The molecule has 8 heteroatoms. The molecule has 0 heterocycles. The molecule has 3 rings (SSSR count). The summed E-state index contributed by atoms with van der Waals surface area (Å²) in [5, 5.41) is 2.83. The van der Waals surface area contributed by atoms with Crippen molar-refractivity contribution in [1.82, 2.24) is 4.72 Å². The minimum atomic E-state index is -3.72. The molecule has 156 valence electrons. The fourth-order valence-electron chi connectivity index (χ4n) is 3.22. The molecular formula is C21H26N2O5S. The first kappa shape index (κ1) is 21.3. The van der Waals surface area contributed by atoms with Gasteiger partial charge in [-0.15, -0.1) is 0 Å². The number of para-hydroxylation sites is 2. The van der Waals surface area contributed by atoms with Crippen LogP contribution in [0.25, 0.3) is 0 Å². The molecule has 1 amide bonds. The van der Waals surface area contributed by atoms with E-state index < -0.39 is 15.9 Å². The minimum Gasteiger partial charge on any atom is -0.488 e. The SMILES string of the molecule is COCCNS(=O)(=O)c1cccc(C(=O)Nc2ccccc2OC2CCCC2)c1. The highest BCUT2D eigenvalue weighted by molar-refractivity contribution is 7.89.